The number of aryl methyl sites for hydroxylation is 1. The van der Waals surface area contributed by atoms with Crippen molar-refractivity contribution in [3.8, 4) is 11.1 Å². The van der Waals surface area contributed by atoms with Crippen molar-refractivity contribution in [2.45, 2.75) is 45.3 Å². The van der Waals surface area contributed by atoms with Gasteiger partial charge in [0.2, 0.25) is 0 Å². The highest BCUT2D eigenvalue weighted by Crippen LogP contribution is 2.21. The Bertz CT molecular complexity index is 791. The van der Waals surface area contributed by atoms with E-state index in [2.05, 4.69) is 38.3 Å². The number of hydrogen-bond donors (Lipinski definition) is 1. The summed E-state index contributed by atoms with van der Waals surface area (Å²) in [6.45, 7) is 2.45. The standard InChI is InChI=1S/C19H22N4O/c1-3-7-15(8-4-1)16-11-17(24-14-16)12-20-13-19-22-21-18-9-5-2-6-10-23(18)19/h1,3-4,7-8,11,14,20H,2,5-6,9-10,12-13H2. The van der Waals surface area contributed by atoms with E-state index in [1.54, 1.807) is 0 Å². The first-order valence-electron chi connectivity index (χ1n) is 8.64. The van der Waals surface area contributed by atoms with Crippen LogP contribution in [0.1, 0.15) is 36.7 Å². The summed E-state index contributed by atoms with van der Waals surface area (Å²) in [5, 5.41) is 12.1. The van der Waals surface area contributed by atoms with Crippen LogP contribution in [0.4, 0.5) is 0 Å². The lowest BCUT2D eigenvalue weighted by Gasteiger charge is -2.07. The molecule has 0 amide bonds. The molecule has 5 nitrogen and oxygen atoms in total. The van der Waals surface area contributed by atoms with E-state index >= 15 is 0 Å². The van der Waals surface area contributed by atoms with Gasteiger partial charge in [0.25, 0.3) is 0 Å². The Hall–Kier alpha value is -2.40. The minimum atomic E-state index is 0.690. The molecule has 24 heavy (non-hydrogen) atoms. The summed E-state index contributed by atoms with van der Waals surface area (Å²) in [5.41, 5.74) is 2.29. The van der Waals surface area contributed by atoms with Gasteiger partial charge in [-0.25, -0.2) is 0 Å². The first kappa shape index (κ1) is 15.1. The van der Waals surface area contributed by atoms with Gasteiger partial charge in [-0.05, 0) is 24.5 Å². The zero-order valence-electron chi connectivity index (χ0n) is 13.7. The quantitative estimate of drug-likeness (QED) is 0.780. The Labute approximate surface area is 141 Å². The smallest absolute Gasteiger partial charge is 0.147 e. The van der Waals surface area contributed by atoms with Gasteiger partial charge in [0.05, 0.1) is 19.4 Å². The second-order valence-electron chi connectivity index (χ2n) is 6.27. The van der Waals surface area contributed by atoms with Crippen LogP contribution in [0.5, 0.6) is 0 Å². The van der Waals surface area contributed by atoms with Gasteiger partial charge in [0.1, 0.15) is 17.4 Å². The first-order valence-corrected chi connectivity index (χ1v) is 8.64. The molecule has 1 aromatic carbocycles. The molecule has 4 rings (SSSR count). The second kappa shape index (κ2) is 7.01. The molecule has 1 N–H and O–H groups in total. The lowest BCUT2D eigenvalue weighted by atomic mass is 10.1. The fourth-order valence-corrected chi connectivity index (χ4v) is 3.23. The summed E-state index contributed by atoms with van der Waals surface area (Å²) < 4.78 is 7.94. The highest BCUT2D eigenvalue weighted by atomic mass is 16.3. The molecule has 0 aliphatic carbocycles. The van der Waals surface area contributed by atoms with Crippen LogP contribution in [0.3, 0.4) is 0 Å². The Kier molecular flexibility index (Phi) is 4.42. The van der Waals surface area contributed by atoms with Crippen molar-refractivity contribution >= 4 is 0 Å². The summed E-state index contributed by atoms with van der Waals surface area (Å²) in [6.07, 6.45) is 6.59. The monoisotopic (exact) mass is 322 g/mol. The van der Waals surface area contributed by atoms with Gasteiger partial charge in [-0.2, -0.15) is 0 Å². The number of nitrogens with zero attached hydrogens (tertiary/aromatic N) is 3. The molecule has 0 saturated carbocycles. The SMILES string of the molecule is c1ccc(-c2coc(CNCc3nnc4n3CCCCC4)c2)cc1. The van der Waals surface area contributed by atoms with E-state index < -0.39 is 0 Å². The van der Waals surface area contributed by atoms with Crippen LogP contribution in [0.2, 0.25) is 0 Å². The van der Waals surface area contributed by atoms with Crippen molar-refractivity contribution < 1.29 is 4.42 Å². The molecule has 124 valence electrons. The third-order valence-electron chi connectivity index (χ3n) is 4.53. The van der Waals surface area contributed by atoms with Crippen molar-refractivity contribution in [3.05, 3.63) is 60.1 Å². The maximum atomic E-state index is 5.67. The Morgan fingerprint density at radius 3 is 2.83 bits per heavy atom. The molecule has 3 aromatic rings. The molecular formula is C19H22N4O. The Morgan fingerprint density at radius 1 is 1.00 bits per heavy atom. The Morgan fingerprint density at radius 2 is 1.92 bits per heavy atom. The number of fused-ring (bicyclic) bond motifs is 1. The molecule has 0 unspecified atom stereocenters. The van der Waals surface area contributed by atoms with Crippen molar-refractivity contribution in [2.24, 2.45) is 0 Å². The Balaban J connectivity index is 1.37. The van der Waals surface area contributed by atoms with Gasteiger partial charge < -0.3 is 14.3 Å². The molecule has 0 fully saturated rings. The molecule has 0 atom stereocenters. The van der Waals surface area contributed by atoms with Crippen LogP contribution < -0.4 is 5.32 Å². The summed E-state index contributed by atoms with van der Waals surface area (Å²) >= 11 is 0. The highest BCUT2D eigenvalue weighted by Gasteiger charge is 2.14. The largest absolute Gasteiger partial charge is 0.467 e. The zero-order valence-corrected chi connectivity index (χ0v) is 13.7. The average Bonchev–Trinajstić information content (AvgIpc) is 3.17. The number of hydrogen-bond acceptors (Lipinski definition) is 4. The van der Waals surface area contributed by atoms with E-state index in [1.807, 2.05) is 24.5 Å². The third-order valence-corrected chi connectivity index (χ3v) is 4.53. The number of rotatable bonds is 5. The number of aromatic nitrogens is 3. The van der Waals surface area contributed by atoms with Crippen LogP contribution in [-0.2, 0) is 26.1 Å². The molecule has 3 heterocycles. The van der Waals surface area contributed by atoms with Gasteiger partial charge in [0, 0.05) is 18.5 Å². The van der Waals surface area contributed by atoms with Crippen LogP contribution in [-0.4, -0.2) is 14.8 Å². The summed E-state index contributed by atoms with van der Waals surface area (Å²) in [7, 11) is 0. The van der Waals surface area contributed by atoms with Crippen molar-refractivity contribution in [2.75, 3.05) is 0 Å². The van der Waals surface area contributed by atoms with Crippen LogP contribution in [0.15, 0.2) is 47.1 Å². The summed E-state index contributed by atoms with van der Waals surface area (Å²) in [5.74, 6) is 3.10. The van der Waals surface area contributed by atoms with Crippen molar-refractivity contribution in [1.82, 2.24) is 20.1 Å². The third kappa shape index (κ3) is 3.26. The molecule has 5 heteroatoms. The average molecular weight is 322 g/mol. The van der Waals surface area contributed by atoms with Crippen molar-refractivity contribution in [1.29, 1.82) is 0 Å². The molecule has 0 radical (unpaired) electrons. The van der Waals surface area contributed by atoms with Gasteiger partial charge in [-0.15, -0.1) is 10.2 Å². The lowest BCUT2D eigenvalue weighted by Crippen LogP contribution is -2.17. The fourth-order valence-electron chi connectivity index (χ4n) is 3.23. The van der Waals surface area contributed by atoms with Gasteiger partial charge in [-0.1, -0.05) is 36.8 Å². The maximum absolute atomic E-state index is 5.67. The van der Waals surface area contributed by atoms with Crippen LogP contribution in [0.25, 0.3) is 11.1 Å². The van der Waals surface area contributed by atoms with E-state index in [-0.39, 0.29) is 0 Å². The fraction of sp³-hybridized carbons (Fsp3) is 0.368. The number of benzene rings is 1. The lowest BCUT2D eigenvalue weighted by molar-refractivity contribution is 0.475. The molecule has 2 aromatic heterocycles. The number of furan rings is 1. The van der Waals surface area contributed by atoms with E-state index in [0.29, 0.717) is 13.1 Å². The van der Waals surface area contributed by atoms with Crippen molar-refractivity contribution in [3.63, 3.8) is 0 Å². The van der Waals surface area contributed by atoms with Gasteiger partial charge in [0.15, 0.2) is 0 Å². The van der Waals surface area contributed by atoms with E-state index in [9.17, 15) is 0 Å². The minimum Gasteiger partial charge on any atom is -0.467 e. The first-order chi connectivity index (χ1) is 11.9. The number of nitrogens with one attached hydrogen (secondary N) is 1. The van der Waals surface area contributed by atoms with Gasteiger partial charge in [-0.3, -0.25) is 0 Å². The van der Waals surface area contributed by atoms with E-state index in [4.69, 9.17) is 4.42 Å². The van der Waals surface area contributed by atoms with Gasteiger partial charge >= 0.3 is 0 Å². The summed E-state index contributed by atoms with van der Waals surface area (Å²) in [6, 6.07) is 12.4. The molecule has 0 spiro atoms. The maximum Gasteiger partial charge on any atom is 0.147 e. The van der Waals surface area contributed by atoms with Crippen LogP contribution in [0, 0.1) is 0 Å². The molecule has 1 aliphatic rings. The molecule has 0 saturated heterocycles. The summed E-state index contributed by atoms with van der Waals surface area (Å²) in [4.78, 5) is 0. The van der Waals surface area contributed by atoms with E-state index in [1.165, 1.54) is 24.8 Å². The zero-order chi connectivity index (χ0) is 16.2. The molecular weight excluding hydrogens is 300 g/mol. The normalized spacial score (nSPS) is 14.3. The van der Waals surface area contributed by atoms with E-state index in [0.717, 1.165) is 35.9 Å². The van der Waals surface area contributed by atoms with Crippen LogP contribution >= 0.6 is 0 Å². The topological polar surface area (TPSA) is 55.9 Å². The predicted molar refractivity (Wildman–Crippen MR) is 92.3 cm³/mol. The second-order valence-corrected chi connectivity index (χ2v) is 6.27. The molecule has 0 bridgehead atoms. The molecule has 1 aliphatic heterocycles. The minimum absolute atomic E-state index is 0.690. The highest BCUT2D eigenvalue weighted by molar-refractivity contribution is 5.62. The predicted octanol–water partition coefficient (Wildman–Crippen LogP) is 3.55.